The quantitative estimate of drug-likeness (QED) is 0.272. The molecule has 0 saturated heterocycles. The molecule has 0 bridgehead atoms. The third-order valence-electron chi connectivity index (χ3n) is 7.93. The first-order valence-corrected chi connectivity index (χ1v) is 17.0. The molecule has 5 rings (SSSR count). The van der Waals surface area contributed by atoms with E-state index in [1.807, 2.05) is 30.3 Å². The van der Waals surface area contributed by atoms with Gasteiger partial charge in [0, 0.05) is 25.1 Å². The maximum atomic E-state index is 14.4. The number of carbonyl (C=O) groups is 2. The van der Waals surface area contributed by atoms with Crippen LogP contribution in [0.1, 0.15) is 43.7 Å². The minimum Gasteiger partial charge on any atom is -0.454 e. The Morgan fingerprint density at radius 3 is 2.36 bits per heavy atom. The van der Waals surface area contributed by atoms with Crippen molar-refractivity contribution in [1.82, 2.24) is 10.2 Å². The highest BCUT2D eigenvalue weighted by Gasteiger charge is 2.35. The van der Waals surface area contributed by atoms with E-state index >= 15 is 0 Å². The van der Waals surface area contributed by atoms with Crippen LogP contribution < -0.4 is 19.1 Å². The maximum Gasteiger partial charge on any atom is 0.244 e. The first-order valence-electron chi connectivity index (χ1n) is 14.6. The molecule has 0 aromatic heterocycles. The van der Waals surface area contributed by atoms with Crippen molar-refractivity contribution >= 4 is 50.7 Å². The average molecular weight is 661 g/mol. The molecular weight excluding hydrogens is 625 g/mol. The van der Waals surface area contributed by atoms with Crippen LogP contribution in [0.2, 0.25) is 10.0 Å². The van der Waals surface area contributed by atoms with Gasteiger partial charge in [-0.05, 0) is 55.2 Å². The molecule has 2 aliphatic rings. The third-order valence-corrected chi connectivity index (χ3v) is 10.4. The Kier molecular flexibility index (Phi) is 10.2. The van der Waals surface area contributed by atoms with Gasteiger partial charge >= 0.3 is 0 Å². The SMILES string of the molecule is CCS(=O)(=O)N(CC(=O)N(Cc1ccc(Cl)c(Cl)c1)C(Cc1ccccc1)C(=O)NC1CCCC1)c1ccc2c(c1)OCO2. The van der Waals surface area contributed by atoms with Crippen LogP contribution in [-0.2, 0) is 32.6 Å². The number of sulfonamides is 1. The fourth-order valence-electron chi connectivity index (χ4n) is 5.52. The monoisotopic (exact) mass is 659 g/mol. The Bertz CT molecular complexity index is 1600. The zero-order chi connectivity index (χ0) is 31.3. The molecule has 3 aromatic carbocycles. The van der Waals surface area contributed by atoms with Gasteiger partial charge < -0.3 is 19.7 Å². The molecule has 1 unspecified atom stereocenters. The molecule has 1 N–H and O–H groups in total. The standard InChI is InChI=1S/C32H35Cl2N3O6S/c1-2-44(40,41)37(25-13-15-29-30(18-25)43-21-42-29)20-31(38)36(19-23-12-14-26(33)27(34)16-23)28(17-22-8-4-3-5-9-22)32(39)35-24-10-6-7-11-24/h3-5,8-9,12-16,18,24,28H,2,6-7,10-11,17,19-21H2,1H3,(H,35,39). The lowest BCUT2D eigenvalue weighted by atomic mass is 10.0. The molecule has 1 saturated carbocycles. The Morgan fingerprint density at radius 2 is 1.66 bits per heavy atom. The number of nitrogens with zero attached hydrogens (tertiary/aromatic N) is 2. The van der Waals surface area contributed by atoms with Crippen LogP contribution >= 0.6 is 23.2 Å². The predicted octanol–water partition coefficient (Wildman–Crippen LogP) is 5.58. The zero-order valence-electron chi connectivity index (χ0n) is 24.4. The number of amides is 2. The number of benzene rings is 3. The summed E-state index contributed by atoms with van der Waals surface area (Å²) in [4.78, 5) is 29.8. The van der Waals surface area contributed by atoms with Crippen molar-refractivity contribution in [3.8, 4) is 11.5 Å². The number of anilines is 1. The molecule has 44 heavy (non-hydrogen) atoms. The first kappa shape index (κ1) is 31.9. The minimum absolute atomic E-state index is 0.00641. The highest BCUT2D eigenvalue weighted by Crippen LogP contribution is 2.36. The maximum absolute atomic E-state index is 14.4. The van der Waals surface area contributed by atoms with E-state index in [0.717, 1.165) is 35.6 Å². The molecule has 234 valence electrons. The number of hydrogen-bond acceptors (Lipinski definition) is 6. The zero-order valence-corrected chi connectivity index (χ0v) is 26.7. The molecule has 1 atom stereocenters. The number of fused-ring (bicyclic) bond motifs is 1. The van der Waals surface area contributed by atoms with Gasteiger partial charge in [-0.2, -0.15) is 0 Å². The lowest BCUT2D eigenvalue weighted by molar-refractivity contribution is -0.140. The van der Waals surface area contributed by atoms with Crippen molar-refractivity contribution in [2.24, 2.45) is 0 Å². The molecule has 1 aliphatic carbocycles. The fraction of sp³-hybridized carbons (Fsp3) is 0.375. The Hall–Kier alpha value is -3.47. The van der Waals surface area contributed by atoms with Crippen molar-refractivity contribution in [3.63, 3.8) is 0 Å². The number of nitrogens with one attached hydrogen (secondary N) is 1. The second-order valence-corrected chi connectivity index (χ2v) is 13.9. The van der Waals surface area contributed by atoms with E-state index in [0.29, 0.717) is 27.1 Å². The van der Waals surface area contributed by atoms with Gasteiger partial charge in [-0.3, -0.25) is 13.9 Å². The summed E-state index contributed by atoms with van der Waals surface area (Å²) in [7, 11) is -3.92. The third kappa shape index (κ3) is 7.60. The van der Waals surface area contributed by atoms with Crippen molar-refractivity contribution in [2.45, 2.75) is 57.7 Å². The van der Waals surface area contributed by atoms with E-state index in [2.05, 4.69) is 5.32 Å². The highest BCUT2D eigenvalue weighted by atomic mass is 35.5. The molecule has 2 amide bonds. The molecule has 1 fully saturated rings. The normalized spacial score (nSPS) is 15.2. The average Bonchev–Trinajstić information content (AvgIpc) is 3.71. The Morgan fingerprint density at radius 1 is 0.932 bits per heavy atom. The summed E-state index contributed by atoms with van der Waals surface area (Å²) < 4.78 is 38.7. The summed E-state index contributed by atoms with van der Waals surface area (Å²) in [6, 6.07) is 18.3. The van der Waals surface area contributed by atoms with E-state index in [4.69, 9.17) is 32.7 Å². The summed E-state index contributed by atoms with van der Waals surface area (Å²) in [5, 5.41) is 3.82. The molecule has 3 aromatic rings. The molecule has 1 heterocycles. The topological polar surface area (TPSA) is 105 Å². The van der Waals surface area contributed by atoms with E-state index in [9.17, 15) is 18.0 Å². The molecule has 12 heteroatoms. The summed E-state index contributed by atoms with van der Waals surface area (Å²) in [6.07, 6.45) is 4.03. The van der Waals surface area contributed by atoms with Crippen LogP contribution in [0, 0.1) is 0 Å². The van der Waals surface area contributed by atoms with Gasteiger partial charge in [-0.25, -0.2) is 8.42 Å². The van der Waals surface area contributed by atoms with Crippen molar-refractivity contribution in [1.29, 1.82) is 0 Å². The van der Waals surface area contributed by atoms with E-state index in [-0.39, 0.29) is 43.1 Å². The van der Waals surface area contributed by atoms with Crippen LogP contribution in [0.15, 0.2) is 66.7 Å². The predicted molar refractivity (Wildman–Crippen MR) is 171 cm³/mol. The van der Waals surface area contributed by atoms with Crippen LogP contribution in [0.5, 0.6) is 11.5 Å². The fourth-order valence-corrected chi connectivity index (χ4v) is 6.89. The second-order valence-electron chi connectivity index (χ2n) is 10.9. The number of ether oxygens (including phenoxy) is 2. The van der Waals surface area contributed by atoms with Crippen LogP contribution in [0.25, 0.3) is 0 Å². The summed E-state index contributed by atoms with van der Waals surface area (Å²) >= 11 is 12.5. The van der Waals surface area contributed by atoms with Crippen molar-refractivity contribution in [3.05, 3.63) is 87.9 Å². The second kappa shape index (κ2) is 14.1. The van der Waals surface area contributed by atoms with Crippen LogP contribution in [0.3, 0.4) is 0 Å². The summed E-state index contributed by atoms with van der Waals surface area (Å²) in [6.45, 7) is 1.01. The lowest BCUT2D eigenvalue weighted by Crippen LogP contribution is -2.54. The number of rotatable bonds is 12. The molecule has 1 aliphatic heterocycles. The molecule has 0 radical (unpaired) electrons. The summed E-state index contributed by atoms with van der Waals surface area (Å²) in [5.41, 5.74) is 1.77. The lowest BCUT2D eigenvalue weighted by Gasteiger charge is -2.34. The Balaban J connectivity index is 1.53. The van der Waals surface area contributed by atoms with Crippen molar-refractivity contribution in [2.75, 3.05) is 23.4 Å². The van der Waals surface area contributed by atoms with Crippen molar-refractivity contribution < 1.29 is 27.5 Å². The highest BCUT2D eigenvalue weighted by molar-refractivity contribution is 7.92. The number of carbonyl (C=O) groups excluding carboxylic acids is 2. The van der Waals surface area contributed by atoms with E-state index < -0.39 is 28.5 Å². The van der Waals surface area contributed by atoms with Gasteiger partial charge in [0.2, 0.25) is 28.6 Å². The molecule has 0 spiro atoms. The largest absolute Gasteiger partial charge is 0.454 e. The van der Waals surface area contributed by atoms with Gasteiger partial charge in [-0.15, -0.1) is 0 Å². The number of halogens is 2. The van der Waals surface area contributed by atoms with Gasteiger partial charge in [0.05, 0.1) is 21.5 Å². The number of hydrogen-bond donors (Lipinski definition) is 1. The van der Waals surface area contributed by atoms with Crippen LogP contribution in [-0.4, -0.2) is 56.3 Å². The Labute approximate surface area is 268 Å². The molecule has 9 nitrogen and oxygen atoms in total. The van der Waals surface area contributed by atoms with Gasteiger partial charge in [0.1, 0.15) is 12.6 Å². The van der Waals surface area contributed by atoms with E-state index in [1.165, 1.54) is 11.8 Å². The van der Waals surface area contributed by atoms with Gasteiger partial charge in [0.15, 0.2) is 11.5 Å². The van der Waals surface area contributed by atoms with Gasteiger partial charge in [0.25, 0.3) is 0 Å². The smallest absolute Gasteiger partial charge is 0.244 e. The minimum atomic E-state index is -3.92. The van der Waals surface area contributed by atoms with Crippen LogP contribution in [0.4, 0.5) is 5.69 Å². The van der Waals surface area contributed by atoms with Gasteiger partial charge in [-0.1, -0.05) is 72.4 Å². The molecular formula is C32H35Cl2N3O6S. The summed E-state index contributed by atoms with van der Waals surface area (Å²) in [5.74, 6) is -0.203. The first-order chi connectivity index (χ1) is 21.1. The van der Waals surface area contributed by atoms with E-state index in [1.54, 1.807) is 36.4 Å².